The molecule has 3 amide bonds. The van der Waals surface area contributed by atoms with Gasteiger partial charge in [0, 0.05) is 24.7 Å². The second-order valence-electron chi connectivity index (χ2n) is 8.37. The lowest BCUT2D eigenvalue weighted by Crippen LogP contribution is -2.51. The number of allylic oxidation sites excluding steroid dienone is 1. The highest BCUT2D eigenvalue weighted by Gasteiger charge is 2.28. The molecule has 7 N–H and O–H groups in total. The molecule has 2 unspecified atom stereocenters. The fraction of sp³-hybridized carbons (Fsp3) is 0.280. The molecule has 11 heteroatoms. The van der Waals surface area contributed by atoms with Crippen LogP contribution in [-0.4, -0.2) is 52.5 Å². The second kappa shape index (κ2) is 12.2. The molecule has 0 fully saturated rings. The molecule has 0 radical (unpaired) electrons. The van der Waals surface area contributed by atoms with E-state index in [1.807, 2.05) is 12.2 Å². The predicted octanol–water partition coefficient (Wildman–Crippen LogP) is 1.57. The number of carboxylic acid groups (broad SMARTS) is 1. The first kappa shape index (κ1) is 26.7. The van der Waals surface area contributed by atoms with Gasteiger partial charge in [0.25, 0.3) is 11.8 Å². The molecular formula is C25H27ClN4O6. The largest absolute Gasteiger partial charge is 0.508 e. The Morgan fingerprint density at radius 3 is 2.44 bits per heavy atom. The van der Waals surface area contributed by atoms with Crippen molar-refractivity contribution in [3.63, 3.8) is 0 Å². The molecule has 0 aromatic heterocycles. The Morgan fingerprint density at radius 2 is 1.78 bits per heavy atom. The van der Waals surface area contributed by atoms with Crippen molar-refractivity contribution in [1.29, 1.82) is 0 Å². The summed E-state index contributed by atoms with van der Waals surface area (Å²) in [4.78, 5) is 49.2. The standard InChI is InChI=1S/C25H27ClN4O6/c26-19-11-15(22(32)28-12-14-4-3-5-16(31)10-14)8-9-17(19)24(34)30-21(25(35)36)13-29-23(33)18-6-1-2-7-20(18)27/h1-5,8-11,18,20-21,31H,6-7,12-13,27H2,(H,28,32)(H,29,33)(H,30,34)(H,35,36)/t18?,20?,21-/m0/s1. The lowest BCUT2D eigenvalue weighted by atomic mass is 9.89. The molecule has 3 atom stereocenters. The molecule has 1 aliphatic rings. The van der Waals surface area contributed by atoms with E-state index < -0.39 is 29.7 Å². The third-order valence-corrected chi connectivity index (χ3v) is 6.05. The highest BCUT2D eigenvalue weighted by atomic mass is 35.5. The molecule has 190 valence electrons. The number of aliphatic carboxylic acids is 1. The van der Waals surface area contributed by atoms with E-state index in [1.54, 1.807) is 12.1 Å². The number of hydrogen-bond acceptors (Lipinski definition) is 6. The van der Waals surface area contributed by atoms with E-state index in [9.17, 15) is 29.4 Å². The van der Waals surface area contributed by atoms with Crippen LogP contribution in [0.4, 0.5) is 0 Å². The number of benzene rings is 2. The van der Waals surface area contributed by atoms with Crippen LogP contribution in [0.2, 0.25) is 5.02 Å². The molecule has 10 nitrogen and oxygen atoms in total. The van der Waals surface area contributed by atoms with Crippen LogP contribution in [0.3, 0.4) is 0 Å². The normalized spacial score (nSPS) is 17.6. The zero-order valence-corrected chi connectivity index (χ0v) is 20.0. The van der Waals surface area contributed by atoms with Crippen molar-refractivity contribution in [2.24, 2.45) is 11.7 Å². The van der Waals surface area contributed by atoms with Gasteiger partial charge >= 0.3 is 5.97 Å². The molecule has 0 heterocycles. The van der Waals surface area contributed by atoms with Crippen molar-refractivity contribution in [3.05, 3.63) is 76.3 Å². The van der Waals surface area contributed by atoms with E-state index in [2.05, 4.69) is 16.0 Å². The van der Waals surface area contributed by atoms with E-state index >= 15 is 0 Å². The number of carbonyl (C=O) groups is 4. The lowest BCUT2D eigenvalue weighted by Gasteiger charge is -2.25. The first-order valence-electron chi connectivity index (χ1n) is 11.2. The van der Waals surface area contributed by atoms with Crippen LogP contribution in [0, 0.1) is 5.92 Å². The smallest absolute Gasteiger partial charge is 0.328 e. The number of hydrogen-bond donors (Lipinski definition) is 6. The summed E-state index contributed by atoms with van der Waals surface area (Å²) in [6.07, 6.45) is 4.75. The van der Waals surface area contributed by atoms with Gasteiger partial charge in [-0.3, -0.25) is 14.4 Å². The third-order valence-electron chi connectivity index (χ3n) is 5.74. The lowest BCUT2D eigenvalue weighted by molar-refractivity contribution is -0.139. The Morgan fingerprint density at radius 1 is 1.03 bits per heavy atom. The topological polar surface area (TPSA) is 171 Å². The molecule has 0 saturated heterocycles. The maximum absolute atomic E-state index is 12.7. The van der Waals surface area contributed by atoms with Gasteiger partial charge in [0.05, 0.1) is 16.5 Å². The molecule has 0 bridgehead atoms. The molecule has 3 rings (SSSR count). The Labute approximate surface area is 212 Å². The summed E-state index contributed by atoms with van der Waals surface area (Å²) in [5.74, 6) is -3.34. The Balaban J connectivity index is 1.58. The Hall–Kier alpha value is -3.89. The van der Waals surface area contributed by atoms with E-state index in [-0.39, 0.29) is 46.9 Å². The van der Waals surface area contributed by atoms with Gasteiger partial charge in [-0.1, -0.05) is 35.9 Å². The number of nitrogens with two attached hydrogens (primary N) is 1. The summed E-state index contributed by atoms with van der Waals surface area (Å²) < 4.78 is 0. The summed E-state index contributed by atoms with van der Waals surface area (Å²) in [7, 11) is 0. The SMILES string of the molecule is NC1CC=CCC1C(=O)NC[C@H](NC(=O)c1ccc(C(=O)NCc2cccc(O)c2)cc1Cl)C(=O)O. The minimum absolute atomic E-state index is 0.0294. The summed E-state index contributed by atoms with van der Waals surface area (Å²) in [6.45, 7) is -0.166. The van der Waals surface area contributed by atoms with Crippen LogP contribution in [0.15, 0.2) is 54.6 Å². The molecule has 2 aromatic carbocycles. The number of carboxylic acids is 1. The van der Waals surface area contributed by atoms with E-state index in [1.165, 1.54) is 30.3 Å². The monoisotopic (exact) mass is 514 g/mol. The molecule has 0 aliphatic heterocycles. The minimum Gasteiger partial charge on any atom is -0.508 e. The third kappa shape index (κ3) is 7.06. The van der Waals surface area contributed by atoms with Crippen LogP contribution < -0.4 is 21.7 Å². The fourth-order valence-corrected chi connectivity index (χ4v) is 3.96. The zero-order chi connectivity index (χ0) is 26.2. The fourth-order valence-electron chi connectivity index (χ4n) is 3.70. The minimum atomic E-state index is -1.40. The van der Waals surface area contributed by atoms with E-state index in [0.29, 0.717) is 18.4 Å². The Kier molecular flexibility index (Phi) is 9.04. The van der Waals surface area contributed by atoms with Gasteiger partial charge in [0.15, 0.2) is 0 Å². The van der Waals surface area contributed by atoms with E-state index in [0.717, 1.165) is 0 Å². The van der Waals surface area contributed by atoms with Crippen LogP contribution in [0.25, 0.3) is 0 Å². The van der Waals surface area contributed by atoms with Crippen molar-refractivity contribution >= 4 is 35.3 Å². The summed E-state index contributed by atoms with van der Waals surface area (Å²) in [6, 6.07) is 8.65. The van der Waals surface area contributed by atoms with Gasteiger partial charge in [-0.15, -0.1) is 0 Å². The van der Waals surface area contributed by atoms with E-state index in [4.69, 9.17) is 17.3 Å². The maximum atomic E-state index is 12.7. The highest BCUT2D eigenvalue weighted by molar-refractivity contribution is 6.34. The molecule has 36 heavy (non-hydrogen) atoms. The molecular weight excluding hydrogens is 488 g/mol. The quantitative estimate of drug-likeness (QED) is 0.276. The number of amides is 3. The van der Waals surface area contributed by atoms with Crippen LogP contribution >= 0.6 is 11.6 Å². The Bertz CT molecular complexity index is 1180. The number of aromatic hydroxyl groups is 1. The van der Waals surface area contributed by atoms with Crippen LogP contribution in [0.1, 0.15) is 39.1 Å². The summed E-state index contributed by atoms with van der Waals surface area (Å²) in [5.41, 5.74) is 6.81. The molecule has 2 aromatic rings. The summed E-state index contributed by atoms with van der Waals surface area (Å²) in [5, 5.41) is 26.5. The van der Waals surface area contributed by atoms with Gasteiger partial charge in [-0.05, 0) is 48.7 Å². The number of phenols is 1. The second-order valence-corrected chi connectivity index (χ2v) is 8.78. The van der Waals surface area contributed by atoms with Gasteiger partial charge in [-0.25, -0.2) is 4.79 Å². The van der Waals surface area contributed by atoms with Crippen molar-refractivity contribution in [3.8, 4) is 5.75 Å². The number of rotatable bonds is 9. The van der Waals surface area contributed by atoms with Gasteiger partial charge in [0.2, 0.25) is 5.91 Å². The number of phenolic OH excluding ortho intramolecular Hbond substituents is 1. The highest BCUT2D eigenvalue weighted by Crippen LogP contribution is 2.19. The maximum Gasteiger partial charge on any atom is 0.328 e. The van der Waals surface area contributed by atoms with Gasteiger partial charge in [-0.2, -0.15) is 0 Å². The van der Waals surface area contributed by atoms with Crippen LogP contribution in [-0.2, 0) is 16.1 Å². The predicted molar refractivity (Wildman–Crippen MR) is 132 cm³/mol. The summed E-state index contributed by atoms with van der Waals surface area (Å²) >= 11 is 6.20. The first-order valence-corrected chi connectivity index (χ1v) is 11.6. The van der Waals surface area contributed by atoms with Crippen LogP contribution in [0.5, 0.6) is 5.75 Å². The van der Waals surface area contributed by atoms with Crippen molar-refractivity contribution in [2.45, 2.75) is 31.5 Å². The number of halogens is 1. The zero-order valence-electron chi connectivity index (χ0n) is 19.2. The van der Waals surface area contributed by atoms with Crippen molar-refractivity contribution in [1.82, 2.24) is 16.0 Å². The number of carbonyl (C=O) groups excluding carboxylic acids is 3. The van der Waals surface area contributed by atoms with Crippen molar-refractivity contribution < 1.29 is 29.4 Å². The molecule has 1 aliphatic carbocycles. The average molecular weight is 515 g/mol. The van der Waals surface area contributed by atoms with Gasteiger partial charge < -0.3 is 31.9 Å². The first-order chi connectivity index (χ1) is 17.2. The average Bonchev–Trinajstić information content (AvgIpc) is 2.84. The number of nitrogens with one attached hydrogen (secondary N) is 3. The van der Waals surface area contributed by atoms with Crippen molar-refractivity contribution in [2.75, 3.05) is 6.54 Å². The molecule has 0 spiro atoms. The van der Waals surface area contributed by atoms with Gasteiger partial charge in [0.1, 0.15) is 11.8 Å². The molecule has 0 saturated carbocycles.